The fourth-order valence-corrected chi connectivity index (χ4v) is 5.42. The second-order valence-electron chi connectivity index (χ2n) is 7.37. The van der Waals surface area contributed by atoms with E-state index < -0.39 is 27.0 Å². The van der Waals surface area contributed by atoms with Crippen LogP contribution in [0, 0.1) is 6.92 Å². The van der Waals surface area contributed by atoms with E-state index in [1.54, 1.807) is 24.6 Å². The lowest BCUT2D eigenvalue weighted by atomic mass is 10.1. The van der Waals surface area contributed by atoms with Crippen LogP contribution in [0.1, 0.15) is 35.4 Å². The lowest BCUT2D eigenvalue weighted by molar-refractivity contribution is 0.102. The fourth-order valence-electron chi connectivity index (χ4n) is 3.73. The summed E-state index contributed by atoms with van der Waals surface area (Å²) in [5, 5.41) is 7.41. The van der Waals surface area contributed by atoms with E-state index in [9.17, 15) is 22.8 Å². The van der Waals surface area contributed by atoms with Crippen LogP contribution in [0.25, 0.3) is 10.9 Å². The van der Waals surface area contributed by atoms with Crippen LogP contribution in [0.3, 0.4) is 0 Å². The molecule has 0 saturated carbocycles. The molecule has 0 spiro atoms. The molecule has 2 N–H and O–H groups in total. The first-order chi connectivity index (χ1) is 14.2. The van der Waals surface area contributed by atoms with Crippen LogP contribution in [-0.2, 0) is 16.4 Å². The van der Waals surface area contributed by atoms with Crippen molar-refractivity contribution in [3.05, 3.63) is 56.4 Å². The normalized spacial score (nSPS) is 18.0. The molecule has 2 aromatic heterocycles. The predicted molar refractivity (Wildman–Crippen MR) is 112 cm³/mol. The minimum atomic E-state index is -3.11. The lowest BCUT2D eigenvalue weighted by Gasteiger charge is -2.14. The van der Waals surface area contributed by atoms with Crippen molar-refractivity contribution in [3.8, 4) is 0 Å². The highest BCUT2D eigenvalue weighted by molar-refractivity contribution is 7.91. The van der Waals surface area contributed by atoms with Gasteiger partial charge in [-0.05, 0) is 38.5 Å². The molecule has 3 heterocycles. The molecule has 10 nitrogen and oxygen atoms in total. The predicted octanol–water partition coefficient (Wildman–Crippen LogP) is 0.827. The van der Waals surface area contributed by atoms with Crippen molar-refractivity contribution in [2.45, 2.75) is 32.9 Å². The number of nitrogens with zero attached hydrogens (tertiary/aromatic N) is 3. The molecule has 3 aromatic rings. The highest BCUT2D eigenvalue weighted by atomic mass is 32.2. The Labute approximate surface area is 171 Å². The van der Waals surface area contributed by atoms with Gasteiger partial charge in [0.05, 0.1) is 34.1 Å². The quantitative estimate of drug-likeness (QED) is 0.628. The van der Waals surface area contributed by atoms with Gasteiger partial charge in [0.2, 0.25) is 0 Å². The number of hydrogen-bond acceptors (Lipinski definition) is 6. The second kappa shape index (κ2) is 7.24. The van der Waals surface area contributed by atoms with Gasteiger partial charge < -0.3 is 10.3 Å². The number of H-pyrrole nitrogens is 1. The number of rotatable bonds is 4. The summed E-state index contributed by atoms with van der Waals surface area (Å²) in [6.45, 7) is 3.70. The maximum absolute atomic E-state index is 12.8. The fraction of sp³-hybridized carbons (Fsp3) is 0.368. The third-order valence-corrected chi connectivity index (χ3v) is 6.96. The molecule has 1 aliphatic heterocycles. The van der Waals surface area contributed by atoms with Crippen molar-refractivity contribution in [3.63, 3.8) is 0 Å². The van der Waals surface area contributed by atoms with Gasteiger partial charge in [0, 0.05) is 18.2 Å². The van der Waals surface area contributed by atoms with Crippen molar-refractivity contribution < 1.29 is 13.2 Å². The summed E-state index contributed by atoms with van der Waals surface area (Å²) < 4.78 is 26.3. The zero-order valence-electron chi connectivity index (χ0n) is 16.5. The number of anilines is 1. The van der Waals surface area contributed by atoms with Gasteiger partial charge in [-0.2, -0.15) is 5.10 Å². The van der Waals surface area contributed by atoms with E-state index in [2.05, 4.69) is 15.4 Å². The Morgan fingerprint density at radius 2 is 2.07 bits per heavy atom. The van der Waals surface area contributed by atoms with Gasteiger partial charge in [-0.15, -0.1) is 0 Å². The first-order valence-corrected chi connectivity index (χ1v) is 11.4. The van der Waals surface area contributed by atoms with E-state index in [4.69, 9.17) is 0 Å². The van der Waals surface area contributed by atoms with Gasteiger partial charge in [-0.25, -0.2) is 17.9 Å². The van der Waals surface area contributed by atoms with Crippen LogP contribution in [0.2, 0.25) is 0 Å². The zero-order chi connectivity index (χ0) is 21.6. The number of carbonyl (C=O) groups is 1. The molecule has 1 unspecified atom stereocenters. The number of carbonyl (C=O) groups excluding carboxylic acids is 1. The molecule has 4 rings (SSSR count). The summed E-state index contributed by atoms with van der Waals surface area (Å²) in [5.74, 6) is 0.0175. The summed E-state index contributed by atoms with van der Waals surface area (Å²) in [6.07, 6.45) is 0.438. The third kappa shape index (κ3) is 3.56. The summed E-state index contributed by atoms with van der Waals surface area (Å²) in [4.78, 5) is 39.9. The van der Waals surface area contributed by atoms with E-state index in [0.29, 0.717) is 23.3 Å². The molecular weight excluding hydrogens is 410 g/mol. The molecular formula is C19H21N5O5S. The number of aryl methyl sites for hydroxylation is 1. The number of sulfone groups is 1. The molecule has 1 atom stereocenters. The highest BCUT2D eigenvalue weighted by Crippen LogP contribution is 2.27. The van der Waals surface area contributed by atoms with Crippen LogP contribution in [0.15, 0.2) is 33.9 Å². The molecule has 1 amide bonds. The molecule has 11 heteroatoms. The smallest absolute Gasteiger partial charge is 0.307 e. The minimum absolute atomic E-state index is 0.0160. The summed E-state index contributed by atoms with van der Waals surface area (Å²) in [5.41, 5.74) is 0.214. The average Bonchev–Trinajstić information content (AvgIpc) is 3.22. The van der Waals surface area contributed by atoms with Crippen molar-refractivity contribution in [2.24, 2.45) is 0 Å². The SMILES string of the molecule is CCn1c(=O)[nH]c2cc(C(=O)Nc3cc(C)nn3C3CCS(=O)(=O)C3)ccc2c1=O. The Balaban J connectivity index is 1.66. The Kier molecular flexibility index (Phi) is 4.85. The molecule has 0 aliphatic carbocycles. The first-order valence-electron chi connectivity index (χ1n) is 9.53. The van der Waals surface area contributed by atoms with Gasteiger partial charge in [0.15, 0.2) is 9.84 Å². The van der Waals surface area contributed by atoms with Crippen LogP contribution in [0.5, 0.6) is 0 Å². The van der Waals surface area contributed by atoms with Gasteiger partial charge in [0.25, 0.3) is 11.5 Å². The number of aromatic amines is 1. The number of amides is 1. The van der Waals surface area contributed by atoms with Crippen LogP contribution >= 0.6 is 0 Å². The summed E-state index contributed by atoms with van der Waals surface area (Å²) >= 11 is 0. The number of hydrogen-bond donors (Lipinski definition) is 2. The highest BCUT2D eigenvalue weighted by Gasteiger charge is 2.31. The first kappa shape index (κ1) is 20.1. The van der Waals surface area contributed by atoms with Gasteiger partial charge in [0.1, 0.15) is 5.82 Å². The van der Waals surface area contributed by atoms with Gasteiger partial charge >= 0.3 is 5.69 Å². The Bertz CT molecular complexity index is 1380. The van der Waals surface area contributed by atoms with Crippen molar-refractivity contribution >= 4 is 32.5 Å². The minimum Gasteiger partial charge on any atom is -0.307 e. The Hall–Kier alpha value is -3.21. The number of fused-ring (bicyclic) bond motifs is 1. The molecule has 1 fully saturated rings. The number of benzene rings is 1. The lowest BCUT2D eigenvalue weighted by Crippen LogP contribution is -2.34. The van der Waals surface area contributed by atoms with Crippen molar-refractivity contribution in [2.75, 3.05) is 16.8 Å². The standard InChI is InChI=1S/C19H21N5O5S/c1-3-23-18(26)14-5-4-12(9-15(14)20-19(23)27)17(25)21-16-8-11(2)22-24(16)13-6-7-30(28,29)10-13/h4-5,8-9,13H,3,6-7,10H2,1-2H3,(H,20,27)(H,21,25). The monoisotopic (exact) mass is 431 g/mol. The largest absolute Gasteiger partial charge is 0.328 e. The zero-order valence-corrected chi connectivity index (χ0v) is 17.3. The van der Waals surface area contributed by atoms with Crippen LogP contribution in [0.4, 0.5) is 5.82 Å². The molecule has 30 heavy (non-hydrogen) atoms. The van der Waals surface area contributed by atoms with Crippen molar-refractivity contribution in [1.82, 2.24) is 19.3 Å². The van der Waals surface area contributed by atoms with Crippen LogP contribution < -0.4 is 16.6 Å². The number of nitrogens with one attached hydrogen (secondary N) is 2. The van der Waals surface area contributed by atoms with E-state index in [0.717, 1.165) is 4.57 Å². The maximum Gasteiger partial charge on any atom is 0.328 e. The van der Waals surface area contributed by atoms with E-state index in [-0.39, 0.29) is 35.2 Å². The molecule has 1 saturated heterocycles. The average molecular weight is 431 g/mol. The van der Waals surface area contributed by atoms with E-state index in [1.807, 2.05) is 0 Å². The van der Waals surface area contributed by atoms with E-state index in [1.165, 1.54) is 18.2 Å². The van der Waals surface area contributed by atoms with Crippen molar-refractivity contribution in [1.29, 1.82) is 0 Å². The molecule has 0 radical (unpaired) electrons. The Morgan fingerprint density at radius 1 is 1.30 bits per heavy atom. The second-order valence-corrected chi connectivity index (χ2v) is 9.60. The third-order valence-electron chi connectivity index (χ3n) is 5.21. The summed E-state index contributed by atoms with van der Waals surface area (Å²) in [6, 6.07) is 5.79. The molecule has 1 aliphatic rings. The number of aromatic nitrogens is 4. The van der Waals surface area contributed by atoms with Gasteiger partial charge in [-0.3, -0.25) is 14.2 Å². The molecule has 1 aromatic carbocycles. The topological polar surface area (TPSA) is 136 Å². The molecule has 158 valence electrons. The van der Waals surface area contributed by atoms with E-state index >= 15 is 0 Å². The van der Waals surface area contributed by atoms with Gasteiger partial charge in [-0.1, -0.05) is 0 Å². The Morgan fingerprint density at radius 3 is 2.73 bits per heavy atom. The van der Waals surface area contributed by atoms with Crippen LogP contribution in [-0.4, -0.2) is 45.2 Å². The summed E-state index contributed by atoms with van der Waals surface area (Å²) in [7, 11) is -3.11. The maximum atomic E-state index is 12.8. The molecule has 0 bridgehead atoms.